The first kappa shape index (κ1) is 61.9. The molecular weight excluding hydrogens is 1090 g/mol. The maximum atomic E-state index is 13.4. The molecule has 0 unspecified atom stereocenters. The van der Waals surface area contributed by atoms with Crippen LogP contribution in [0.5, 0.6) is 23.0 Å². The van der Waals surface area contributed by atoms with Crippen molar-refractivity contribution < 1.29 is 108 Å². The van der Waals surface area contributed by atoms with Crippen LogP contribution in [0.2, 0.25) is 0 Å². The number of hydrogen-bond acceptors (Lipinski definition) is 8. The van der Waals surface area contributed by atoms with E-state index in [1.165, 1.54) is 48.5 Å². The summed E-state index contributed by atoms with van der Waals surface area (Å²) < 4.78 is 252. The maximum Gasteiger partial charge on any atom is 0.573 e. The molecule has 8 nitrogen and oxygen atoms in total. The number of hydrogen-bond donors (Lipinski definition) is 3. The molecule has 6 rings (SSSR count). The van der Waals surface area contributed by atoms with Crippen LogP contribution < -0.4 is 24.7 Å². The van der Waals surface area contributed by atoms with Gasteiger partial charge in [0, 0.05) is 37.0 Å². The van der Waals surface area contributed by atoms with Crippen LogP contribution in [0.1, 0.15) is 33.4 Å². The van der Waals surface area contributed by atoms with Gasteiger partial charge in [0.15, 0.2) is 12.2 Å². The summed E-state index contributed by atoms with van der Waals surface area (Å²) in [7, 11) is 0. The van der Waals surface area contributed by atoms with Crippen LogP contribution >= 0.6 is 0 Å². The van der Waals surface area contributed by atoms with Gasteiger partial charge < -0.3 is 34.9 Å². The van der Waals surface area contributed by atoms with Crippen molar-refractivity contribution in [1.82, 2.24) is 4.90 Å². The molecule has 78 heavy (non-hydrogen) atoms. The summed E-state index contributed by atoms with van der Waals surface area (Å²) in [4.78, 5) is 0.383. The number of benzene rings is 6. The third kappa shape index (κ3) is 18.6. The fraction of sp³-hybridized carbons (Fsp3) is 0.308. The van der Waals surface area contributed by atoms with Crippen LogP contribution in [0.25, 0.3) is 0 Å². The molecule has 0 fully saturated rings. The summed E-state index contributed by atoms with van der Waals surface area (Å²) in [6, 6.07) is 34.6. The Kier molecular flexibility index (Phi) is 19.7. The van der Waals surface area contributed by atoms with Crippen LogP contribution in [0.4, 0.5) is 79.0 Å². The molecule has 0 aliphatic heterocycles. The van der Waals surface area contributed by atoms with E-state index in [9.17, 15) is 89.2 Å². The van der Waals surface area contributed by atoms with Crippen molar-refractivity contribution in [2.75, 3.05) is 26.2 Å². The topological polar surface area (TPSA) is 107 Å². The zero-order valence-electron chi connectivity index (χ0n) is 39.8. The minimum atomic E-state index is -5.36. The Balaban J connectivity index is 0.000000306. The van der Waals surface area contributed by atoms with E-state index >= 15 is 0 Å². The third-order valence-corrected chi connectivity index (χ3v) is 11.6. The minimum absolute atomic E-state index is 0.104. The Morgan fingerprint density at radius 1 is 0.372 bits per heavy atom. The van der Waals surface area contributed by atoms with Crippen molar-refractivity contribution in [3.05, 3.63) is 191 Å². The van der Waals surface area contributed by atoms with Crippen molar-refractivity contribution >= 4 is 0 Å². The van der Waals surface area contributed by atoms with E-state index in [0.717, 1.165) is 66.2 Å². The molecule has 0 radical (unpaired) electrons. The van der Waals surface area contributed by atoms with Gasteiger partial charge in [0.05, 0.1) is 0 Å². The highest BCUT2D eigenvalue weighted by Gasteiger charge is 2.47. The second kappa shape index (κ2) is 24.8. The maximum absolute atomic E-state index is 13.4. The van der Waals surface area contributed by atoms with Crippen molar-refractivity contribution in [3.63, 3.8) is 0 Å². The molecule has 0 saturated heterocycles. The zero-order valence-corrected chi connectivity index (χ0v) is 39.8. The van der Waals surface area contributed by atoms with E-state index in [1.54, 1.807) is 48.5 Å². The molecule has 4 N–H and O–H groups in total. The number of nitrogens with two attached hydrogens (primary N) is 1. The summed E-state index contributed by atoms with van der Waals surface area (Å²) in [5, 5.41) is 19.6. The molecule has 0 heterocycles. The minimum Gasteiger partial charge on any atom is -0.406 e. The molecule has 0 aliphatic carbocycles. The lowest BCUT2D eigenvalue weighted by atomic mass is 9.69. The number of ether oxygens (including phenoxy) is 4. The Morgan fingerprint density at radius 2 is 0.641 bits per heavy atom. The van der Waals surface area contributed by atoms with E-state index in [4.69, 9.17) is 5.73 Å². The summed E-state index contributed by atoms with van der Waals surface area (Å²) in [6.07, 6.45) is -37.7. The predicted molar refractivity (Wildman–Crippen MR) is 244 cm³/mol. The van der Waals surface area contributed by atoms with E-state index in [0.29, 0.717) is 21.6 Å². The quantitative estimate of drug-likeness (QED) is 0.0689. The van der Waals surface area contributed by atoms with Crippen LogP contribution in [0, 0.1) is 0 Å². The first-order valence-corrected chi connectivity index (χ1v) is 22.5. The molecular formula is C52H44F18N2O6. The number of aliphatic hydroxyl groups excluding tert-OH is 2. The number of aliphatic hydroxyl groups is 2. The Morgan fingerprint density at radius 3 is 0.897 bits per heavy atom. The van der Waals surface area contributed by atoms with Gasteiger partial charge in [0.2, 0.25) is 0 Å². The predicted octanol–water partition coefficient (Wildman–Crippen LogP) is 13.1. The highest BCUT2D eigenvalue weighted by Crippen LogP contribution is 2.43. The number of halogens is 18. The lowest BCUT2D eigenvalue weighted by Gasteiger charge is -2.41. The second-order valence-corrected chi connectivity index (χ2v) is 17.3. The molecule has 0 aliphatic rings. The highest BCUT2D eigenvalue weighted by molar-refractivity contribution is 5.49. The first-order chi connectivity index (χ1) is 36.1. The Labute approximate surface area is 432 Å². The van der Waals surface area contributed by atoms with Crippen LogP contribution in [-0.4, -0.2) is 91.3 Å². The lowest BCUT2D eigenvalue weighted by Crippen LogP contribution is -2.52. The van der Waals surface area contributed by atoms with Gasteiger partial charge in [0.1, 0.15) is 23.0 Å². The van der Waals surface area contributed by atoms with Crippen LogP contribution in [0.15, 0.2) is 158 Å². The summed E-state index contributed by atoms with van der Waals surface area (Å²) in [5.74, 6) is -2.63. The molecule has 6 aromatic carbocycles. The average molecular weight is 1130 g/mol. The van der Waals surface area contributed by atoms with E-state index < -0.39 is 110 Å². The highest BCUT2D eigenvalue weighted by atomic mass is 19.4. The molecule has 424 valence electrons. The molecule has 0 bridgehead atoms. The standard InChI is InChI=1S/C29H25F12NO4.C23H19F6NO2/c30-26(31,32)23(43)15-42(16-24(44)27(33,34)35)17-25(14-18-6-2-1-3-7-18,19-8-4-10-21(12-19)45-28(36,37)38)20-9-5-11-22(13-20)46-29(39,40)41;24-22(25,26)31-19-10-4-8-17(12-19)21(15-30,14-16-6-2-1-3-7-16)18-9-5-11-20(13-18)32-23(27,28)29/h1-13,23-24,43-44H,14-17H2;1-13H,14-15,30H2/t23-,24-;/m0./s1. The van der Waals surface area contributed by atoms with E-state index in [2.05, 4.69) is 18.9 Å². The van der Waals surface area contributed by atoms with Gasteiger partial charge in [-0.05, 0) is 94.8 Å². The Hall–Kier alpha value is -6.90. The van der Waals surface area contributed by atoms with Gasteiger partial charge in [-0.15, -0.1) is 52.7 Å². The summed E-state index contributed by atoms with van der Waals surface area (Å²) in [6.45, 7) is -4.24. The molecule has 0 amide bonds. The smallest absolute Gasteiger partial charge is 0.406 e. The monoisotopic (exact) mass is 1130 g/mol. The lowest BCUT2D eigenvalue weighted by molar-refractivity contribution is -0.275. The summed E-state index contributed by atoms with van der Waals surface area (Å²) >= 11 is 0. The zero-order chi connectivity index (χ0) is 58.0. The molecule has 0 aromatic heterocycles. The van der Waals surface area contributed by atoms with Gasteiger partial charge in [-0.1, -0.05) is 109 Å². The van der Waals surface area contributed by atoms with Gasteiger partial charge in [-0.25, -0.2) is 0 Å². The average Bonchev–Trinajstić information content (AvgIpc) is 3.34. The summed E-state index contributed by atoms with van der Waals surface area (Å²) in [5.41, 5.74) is 4.26. The van der Waals surface area contributed by atoms with Gasteiger partial charge in [0.25, 0.3) is 0 Å². The number of rotatable bonds is 19. The number of alkyl halides is 18. The molecule has 6 aromatic rings. The van der Waals surface area contributed by atoms with E-state index in [1.807, 2.05) is 0 Å². The second-order valence-electron chi connectivity index (χ2n) is 17.3. The van der Waals surface area contributed by atoms with Crippen LogP contribution in [0.3, 0.4) is 0 Å². The molecule has 0 spiro atoms. The van der Waals surface area contributed by atoms with Gasteiger partial charge >= 0.3 is 37.8 Å². The van der Waals surface area contributed by atoms with Crippen molar-refractivity contribution in [1.29, 1.82) is 0 Å². The van der Waals surface area contributed by atoms with Crippen LogP contribution in [-0.2, 0) is 23.7 Å². The third-order valence-electron chi connectivity index (χ3n) is 11.6. The fourth-order valence-electron chi connectivity index (χ4n) is 8.42. The SMILES string of the molecule is NCC(Cc1ccccc1)(c1cccc(OC(F)(F)F)c1)c1cccc(OC(F)(F)F)c1.O[C@@H](CN(C[C@H](O)C(F)(F)F)CC(Cc1ccccc1)(c1cccc(OC(F)(F)F)c1)c1cccc(OC(F)(F)F)c1)C(F)(F)F. The first-order valence-electron chi connectivity index (χ1n) is 22.5. The molecule has 2 atom stereocenters. The van der Waals surface area contributed by atoms with E-state index in [-0.39, 0.29) is 24.1 Å². The molecule has 0 saturated carbocycles. The normalized spacial score (nSPS) is 13.8. The fourth-order valence-corrected chi connectivity index (χ4v) is 8.42. The van der Waals surface area contributed by atoms with Crippen molar-refractivity contribution in [2.24, 2.45) is 5.73 Å². The number of nitrogens with zero attached hydrogens (tertiary/aromatic N) is 1. The van der Waals surface area contributed by atoms with Crippen molar-refractivity contribution in [2.45, 2.75) is 73.7 Å². The largest absolute Gasteiger partial charge is 0.573 e. The molecule has 26 heteroatoms. The van der Waals surface area contributed by atoms with Crippen molar-refractivity contribution in [3.8, 4) is 23.0 Å². The van der Waals surface area contributed by atoms with Gasteiger partial charge in [-0.3, -0.25) is 4.90 Å². The van der Waals surface area contributed by atoms with Gasteiger partial charge in [-0.2, -0.15) is 26.3 Å². The Bertz CT molecular complexity index is 2680.